The Labute approximate surface area is 345 Å². The number of hydrogen-bond acceptors (Lipinski definition) is 3. The fraction of sp³-hybridized carbons (Fsp3) is 0. The molecular weight excluding hydrogens is 751 g/mol. The highest BCUT2D eigenvalue weighted by Gasteiger charge is 2.23. The first-order valence-electron chi connectivity index (χ1n) is 20.5. The third-order valence-electron chi connectivity index (χ3n) is 12.8. The van der Waals surface area contributed by atoms with Crippen molar-refractivity contribution in [2.24, 2.45) is 0 Å². The zero-order valence-electron chi connectivity index (χ0n) is 32.5. The Balaban J connectivity index is 1.07. The van der Waals surface area contributed by atoms with Crippen LogP contribution in [0.5, 0.6) is 0 Å². The van der Waals surface area contributed by atoms with E-state index in [2.05, 4.69) is 171 Å². The van der Waals surface area contributed by atoms with Crippen LogP contribution in [0.3, 0.4) is 0 Å². The third-order valence-corrected chi connectivity index (χ3v) is 12.8. The molecule has 61 heavy (non-hydrogen) atoms. The van der Waals surface area contributed by atoms with Gasteiger partial charge >= 0.3 is 0 Å². The van der Waals surface area contributed by atoms with Gasteiger partial charge in [0.1, 0.15) is 16.7 Å². The second-order valence-electron chi connectivity index (χ2n) is 16.0. The summed E-state index contributed by atoms with van der Waals surface area (Å²) in [6.07, 6.45) is 0. The van der Waals surface area contributed by atoms with Crippen molar-refractivity contribution in [3.63, 3.8) is 0 Å². The summed E-state index contributed by atoms with van der Waals surface area (Å²) in [6.45, 7) is 0. The molecule has 9 aromatic carbocycles. The van der Waals surface area contributed by atoms with Crippen molar-refractivity contribution in [3.8, 4) is 17.1 Å². The maximum atomic E-state index is 14.7. The second kappa shape index (κ2) is 11.9. The van der Waals surface area contributed by atoms with E-state index in [9.17, 15) is 4.79 Å². The van der Waals surface area contributed by atoms with Gasteiger partial charge in [-0.3, -0.25) is 4.79 Å². The van der Waals surface area contributed by atoms with Gasteiger partial charge in [0, 0.05) is 54.5 Å². The van der Waals surface area contributed by atoms with Gasteiger partial charge in [-0.15, -0.1) is 0 Å². The van der Waals surface area contributed by atoms with Crippen molar-refractivity contribution in [1.82, 2.24) is 13.7 Å². The first-order chi connectivity index (χ1) is 30.2. The highest BCUT2D eigenvalue weighted by atomic mass is 16.3. The molecule has 0 bridgehead atoms. The molecule has 0 fully saturated rings. The molecule has 5 aromatic heterocycles. The van der Waals surface area contributed by atoms with E-state index in [1.807, 2.05) is 30.3 Å². The Morgan fingerprint density at radius 2 is 0.689 bits per heavy atom. The molecule has 0 amide bonds. The van der Waals surface area contributed by atoms with Gasteiger partial charge in [-0.25, -0.2) is 0 Å². The van der Waals surface area contributed by atoms with Gasteiger partial charge in [0.05, 0.1) is 49.6 Å². The molecule has 14 rings (SSSR count). The van der Waals surface area contributed by atoms with E-state index in [-0.39, 0.29) is 5.43 Å². The van der Waals surface area contributed by atoms with Crippen molar-refractivity contribution in [1.29, 1.82) is 0 Å². The number of fused-ring (bicyclic) bond motifs is 14. The quantitative estimate of drug-likeness (QED) is 0.168. The van der Waals surface area contributed by atoms with Gasteiger partial charge in [-0.1, -0.05) is 109 Å². The van der Waals surface area contributed by atoms with Crippen LogP contribution in [0.2, 0.25) is 0 Å². The molecule has 5 heterocycles. The fourth-order valence-corrected chi connectivity index (χ4v) is 10.2. The predicted octanol–water partition coefficient (Wildman–Crippen LogP) is 14.1. The SMILES string of the molecule is O=c1c2cc(-n3c4ccccc4c4ccccc43)ccc2oc2cc3c(cc12)oc1c(-n2c4ccccc4c4ccccc42)cc(-n2c4ccccc4c4ccccc42)cc13. The summed E-state index contributed by atoms with van der Waals surface area (Å²) in [5.74, 6) is 0. The maximum absolute atomic E-state index is 14.7. The Morgan fingerprint density at radius 1 is 0.295 bits per heavy atom. The Bertz CT molecular complexity index is 4110. The number of para-hydroxylation sites is 6. The van der Waals surface area contributed by atoms with E-state index >= 15 is 0 Å². The van der Waals surface area contributed by atoms with Crippen molar-refractivity contribution < 1.29 is 8.83 Å². The first kappa shape index (κ1) is 32.6. The van der Waals surface area contributed by atoms with Crippen LogP contribution in [-0.2, 0) is 0 Å². The van der Waals surface area contributed by atoms with Crippen molar-refractivity contribution in [3.05, 3.63) is 198 Å². The average Bonchev–Trinajstić information content (AvgIpc) is 4.05. The summed E-state index contributed by atoms with van der Waals surface area (Å²) >= 11 is 0. The van der Waals surface area contributed by atoms with Gasteiger partial charge in [0.25, 0.3) is 0 Å². The molecule has 14 aromatic rings. The molecule has 0 saturated carbocycles. The van der Waals surface area contributed by atoms with Crippen LogP contribution in [0.25, 0.3) is 126 Å². The summed E-state index contributed by atoms with van der Waals surface area (Å²) in [5, 5.41) is 9.82. The lowest BCUT2D eigenvalue weighted by molar-refractivity contribution is 0.656. The molecule has 284 valence electrons. The number of furan rings is 1. The molecular formula is C55H31N3O3. The zero-order valence-corrected chi connectivity index (χ0v) is 32.5. The van der Waals surface area contributed by atoms with Crippen molar-refractivity contribution in [2.45, 2.75) is 0 Å². The van der Waals surface area contributed by atoms with E-state index in [0.717, 1.165) is 88.1 Å². The lowest BCUT2D eigenvalue weighted by Crippen LogP contribution is -2.03. The maximum Gasteiger partial charge on any atom is 0.200 e. The lowest BCUT2D eigenvalue weighted by atomic mass is 10.1. The van der Waals surface area contributed by atoms with Crippen molar-refractivity contribution >= 4 is 109 Å². The molecule has 6 nitrogen and oxygen atoms in total. The van der Waals surface area contributed by atoms with E-state index in [0.29, 0.717) is 27.5 Å². The zero-order chi connectivity index (χ0) is 39.9. The van der Waals surface area contributed by atoms with E-state index in [4.69, 9.17) is 8.83 Å². The lowest BCUT2D eigenvalue weighted by Gasteiger charge is -2.14. The molecule has 0 aliphatic heterocycles. The van der Waals surface area contributed by atoms with Crippen molar-refractivity contribution in [2.75, 3.05) is 0 Å². The second-order valence-corrected chi connectivity index (χ2v) is 16.0. The Hall–Kier alpha value is -8.35. The number of aromatic nitrogens is 3. The third kappa shape index (κ3) is 4.37. The smallest absolute Gasteiger partial charge is 0.200 e. The van der Waals surface area contributed by atoms with Crippen LogP contribution in [-0.4, -0.2) is 13.7 Å². The number of rotatable bonds is 3. The average molecular weight is 782 g/mol. The molecule has 0 atom stereocenters. The van der Waals surface area contributed by atoms with Gasteiger partial charge in [0.15, 0.2) is 5.58 Å². The van der Waals surface area contributed by atoms with Crippen LogP contribution in [0.1, 0.15) is 0 Å². The monoisotopic (exact) mass is 781 g/mol. The van der Waals surface area contributed by atoms with Gasteiger partial charge in [-0.05, 0) is 78.9 Å². The minimum atomic E-state index is -0.102. The van der Waals surface area contributed by atoms with Crippen LogP contribution in [0, 0.1) is 0 Å². The largest absolute Gasteiger partial charge is 0.456 e. The first-order valence-corrected chi connectivity index (χ1v) is 20.5. The molecule has 6 heteroatoms. The number of hydrogen-bond donors (Lipinski definition) is 0. The standard InChI is InChI=1S/C55H31N3O3/c59-54-42-27-32(56-44-19-7-1-13-34(44)35-14-2-8-20-45(35)56)25-26-51(42)60-53-30-40-41-28-33(57-46-21-9-3-15-36(46)37-16-4-10-22-47(37)57)29-50(55(41)61-52(40)31-43(53)54)58-48-23-11-5-17-38(48)39-18-6-12-24-49(39)58/h1-31H. The van der Waals surface area contributed by atoms with Crippen LogP contribution in [0.4, 0.5) is 0 Å². The minimum absolute atomic E-state index is 0.102. The Morgan fingerprint density at radius 3 is 1.20 bits per heavy atom. The van der Waals surface area contributed by atoms with Gasteiger partial charge in [0.2, 0.25) is 5.43 Å². The normalized spacial score (nSPS) is 12.3. The number of nitrogens with zero attached hydrogens (tertiary/aromatic N) is 3. The summed E-state index contributed by atoms with van der Waals surface area (Å²) in [4.78, 5) is 14.7. The van der Waals surface area contributed by atoms with Crippen LogP contribution in [0.15, 0.2) is 202 Å². The van der Waals surface area contributed by atoms with Crippen LogP contribution < -0.4 is 5.43 Å². The molecule has 0 aliphatic carbocycles. The van der Waals surface area contributed by atoms with E-state index in [1.54, 1.807) is 0 Å². The minimum Gasteiger partial charge on any atom is -0.456 e. The molecule has 0 radical (unpaired) electrons. The van der Waals surface area contributed by atoms with E-state index < -0.39 is 0 Å². The van der Waals surface area contributed by atoms with E-state index in [1.165, 1.54) is 10.8 Å². The van der Waals surface area contributed by atoms with Crippen LogP contribution >= 0.6 is 0 Å². The molecule has 0 spiro atoms. The highest BCUT2D eigenvalue weighted by Crippen LogP contribution is 2.42. The Kier molecular flexibility index (Phi) is 6.34. The number of benzene rings is 9. The molecule has 0 N–H and O–H groups in total. The van der Waals surface area contributed by atoms with Gasteiger partial charge < -0.3 is 22.5 Å². The summed E-state index contributed by atoms with van der Waals surface area (Å²) in [6, 6.07) is 65.3. The molecule has 0 unspecified atom stereocenters. The highest BCUT2D eigenvalue weighted by molar-refractivity contribution is 6.16. The summed E-state index contributed by atoms with van der Waals surface area (Å²) in [5.41, 5.74) is 11.7. The summed E-state index contributed by atoms with van der Waals surface area (Å²) < 4.78 is 20.6. The predicted molar refractivity (Wildman–Crippen MR) is 250 cm³/mol. The topological polar surface area (TPSA) is 58.1 Å². The molecule has 0 saturated heterocycles. The summed E-state index contributed by atoms with van der Waals surface area (Å²) in [7, 11) is 0. The van der Waals surface area contributed by atoms with Gasteiger partial charge in [-0.2, -0.15) is 0 Å². The fourth-order valence-electron chi connectivity index (χ4n) is 10.2. The molecule has 0 aliphatic rings.